The lowest BCUT2D eigenvalue weighted by Crippen LogP contribution is -2.47. The van der Waals surface area contributed by atoms with Crippen LogP contribution in [0.25, 0.3) is 0 Å². The molecular weight excluding hydrogens is 278 g/mol. The maximum atomic E-state index is 12.3. The third-order valence-electron chi connectivity index (χ3n) is 5.20. The lowest BCUT2D eigenvalue weighted by molar-refractivity contribution is -0.136. The lowest BCUT2D eigenvalue weighted by atomic mass is 9.96. The normalized spacial score (nSPS) is 25.4. The molecule has 1 N–H and O–H groups in total. The molecule has 0 aromatic carbocycles. The summed E-state index contributed by atoms with van der Waals surface area (Å²) >= 11 is 0. The number of nitrogens with one attached hydrogen (secondary N) is 1. The molecule has 0 spiro atoms. The van der Waals surface area contributed by atoms with Gasteiger partial charge in [-0.3, -0.25) is 14.5 Å². The average molecular weight is 307 g/mol. The maximum absolute atomic E-state index is 12.3. The molecule has 5 nitrogen and oxygen atoms in total. The minimum absolute atomic E-state index is 0.00699. The van der Waals surface area contributed by atoms with Gasteiger partial charge in [-0.05, 0) is 45.1 Å². The number of carbonyl (C=O) groups excluding carboxylic acids is 2. The second-order valence-corrected chi connectivity index (χ2v) is 7.05. The summed E-state index contributed by atoms with van der Waals surface area (Å²) in [6, 6.07) is 0.753. The summed E-state index contributed by atoms with van der Waals surface area (Å²) in [6.07, 6.45) is 6.58. The number of hydrogen-bond acceptors (Lipinski definition) is 3. The summed E-state index contributed by atoms with van der Waals surface area (Å²) in [4.78, 5) is 28.9. The van der Waals surface area contributed by atoms with E-state index in [1.165, 1.54) is 12.8 Å². The summed E-state index contributed by atoms with van der Waals surface area (Å²) < 4.78 is 0. The van der Waals surface area contributed by atoms with Crippen molar-refractivity contribution in [1.29, 1.82) is 0 Å². The van der Waals surface area contributed by atoms with Crippen molar-refractivity contribution >= 4 is 11.8 Å². The van der Waals surface area contributed by atoms with Crippen LogP contribution in [0.3, 0.4) is 0 Å². The van der Waals surface area contributed by atoms with E-state index in [1.807, 2.05) is 4.90 Å². The monoisotopic (exact) mass is 307 g/mol. The van der Waals surface area contributed by atoms with Crippen molar-refractivity contribution in [2.45, 2.75) is 51.5 Å². The van der Waals surface area contributed by atoms with E-state index in [0.29, 0.717) is 6.54 Å². The molecule has 22 heavy (non-hydrogen) atoms. The molecule has 3 rings (SSSR count). The first-order valence-corrected chi connectivity index (χ1v) is 8.99. The molecule has 1 atom stereocenters. The van der Waals surface area contributed by atoms with Gasteiger partial charge in [0.2, 0.25) is 11.8 Å². The highest BCUT2D eigenvalue weighted by Crippen LogP contribution is 2.32. The van der Waals surface area contributed by atoms with Gasteiger partial charge in [-0.25, -0.2) is 0 Å². The molecule has 5 heteroatoms. The highest BCUT2D eigenvalue weighted by atomic mass is 16.2. The largest absolute Gasteiger partial charge is 0.355 e. The Morgan fingerprint density at radius 2 is 1.91 bits per heavy atom. The third kappa shape index (κ3) is 4.00. The molecule has 3 fully saturated rings. The molecule has 1 heterocycles. The summed E-state index contributed by atoms with van der Waals surface area (Å²) in [7, 11) is 0. The molecule has 1 unspecified atom stereocenters. The number of carbonyl (C=O) groups is 2. The van der Waals surface area contributed by atoms with E-state index >= 15 is 0 Å². The van der Waals surface area contributed by atoms with E-state index in [0.717, 1.165) is 57.9 Å². The zero-order valence-electron chi connectivity index (χ0n) is 13.7. The highest BCUT2D eigenvalue weighted by Gasteiger charge is 2.36. The topological polar surface area (TPSA) is 52.7 Å². The maximum Gasteiger partial charge on any atom is 0.225 e. The van der Waals surface area contributed by atoms with Crippen LogP contribution in [0, 0.1) is 11.8 Å². The second-order valence-electron chi connectivity index (χ2n) is 7.05. The van der Waals surface area contributed by atoms with Crippen molar-refractivity contribution in [2.75, 3.05) is 32.7 Å². The van der Waals surface area contributed by atoms with Crippen molar-refractivity contribution in [2.24, 2.45) is 11.8 Å². The molecule has 2 saturated carbocycles. The average Bonchev–Trinajstić information content (AvgIpc) is 3.41. The zero-order valence-corrected chi connectivity index (χ0v) is 13.7. The van der Waals surface area contributed by atoms with Crippen LogP contribution < -0.4 is 5.32 Å². The van der Waals surface area contributed by atoms with Crippen molar-refractivity contribution in [3.05, 3.63) is 0 Å². The molecule has 0 aromatic rings. The first-order chi connectivity index (χ1) is 10.7. The van der Waals surface area contributed by atoms with Gasteiger partial charge in [0, 0.05) is 38.1 Å². The fourth-order valence-electron chi connectivity index (χ4n) is 3.49. The molecule has 0 bridgehead atoms. The van der Waals surface area contributed by atoms with Gasteiger partial charge in [0.1, 0.15) is 0 Å². The van der Waals surface area contributed by atoms with E-state index in [9.17, 15) is 9.59 Å². The van der Waals surface area contributed by atoms with E-state index in [1.54, 1.807) is 0 Å². The second kappa shape index (κ2) is 6.99. The van der Waals surface area contributed by atoms with Crippen molar-refractivity contribution in [3.63, 3.8) is 0 Å². The minimum Gasteiger partial charge on any atom is -0.355 e. The number of amides is 2. The lowest BCUT2D eigenvalue weighted by Gasteiger charge is -2.32. The number of rotatable bonds is 7. The van der Waals surface area contributed by atoms with Gasteiger partial charge in [0.25, 0.3) is 0 Å². The number of likely N-dealkylation sites (tertiary alicyclic amines) is 1. The quantitative estimate of drug-likeness (QED) is 0.770. The van der Waals surface area contributed by atoms with Crippen LogP contribution in [0.1, 0.15) is 45.4 Å². The fourth-order valence-corrected chi connectivity index (χ4v) is 3.49. The van der Waals surface area contributed by atoms with Crippen molar-refractivity contribution in [1.82, 2.24) is 15.1 Å². The Hall–Kier alpha value is -1.10. The van der Waals surface area contributed by atoms with Crippen LogP contribution in [-0.4, -0.2) is 60.4 Å². The Morgan fingerprint density at radius 3 is 2.55 bits per heavy atom. The number of piperidine rings is 1. The Morgan fingerprint density at radius 1 is 1.14 bits per heavy atom. The molecule has 1 saturated heterocycles. The van der Waals surface area contributed by atoms with Crippen LogP contribution in [0.2, 0.25) is 0 Å². The summed E-state index contributed by atoms with van der Waals surface area (Å²) in [5, 5.41) is 3.09. The van der Waals surface area contributed by atoms with E-state index in [4.69, 9.17) is 0 Å². The smallest absolute Gasteiger partial charge is 0.225 e. The van der Waals surface area contributed by atoms with Gasteiger partial charge >= 0.3 is 0 Å². The van der Waals surface area contributed by atoms with E-state index in [-0.39, 0.29) is 23.7 Å². The van der Waals surface area contributed by atoms with Gasteiger partial charge in [0.05, 0.1) is 5.92 Å². The summed E-state index contributed by atoms with van der Waals surface area (Å²) in [6.45, 7) is 6.39. The van der Waals surface area contributed by atoms with Crippen LogP contribution in [-0.2, 0) is 9.59 Å². The summed E-state index contributed by atoms with van der Waals surface area (Å²) in [5.41, 5.74) is 0. The Balaban J connectivity index is 1.40. The molecule has 0 aromatic heterocycles. The number of hydrogen-bond donors (Lipinski definition) is 1. The molecule has 2 amide bonds. The molecular formula is C17H29N3O2. The van der Waals surface area contributed by atoms with Gasteiger partial charge in [-0.15, -0.1) is 0 Å². The first-order valence-electron chi connectivity index (χ1n) is 8.99. The highest BCUT2D eigenvalue weighted by molar-refractivity contribution is 5.83. The van der Waals surface area contributed by atoms with Gasteiger partial charge in [-0.2, -0.15) is 0 Å². The Bertz CT molecular complexity index is 418. The van der Waals surface area contributed by atoms with Gasteiger partial charge < -0.3 is 10.2 Å². The van der Waals surface area contributed by atoms with Crippen LogP contribution in [0.15, 0.2) is 0 Å². The predicted molar refractivity (Wildman–Crippen MR) is 85.3 cm³/mol. The summed E-state index contributed by atoms with van der Waals surface area (Å²) in [5.74, 6) is 0.675. The van der Waals surface area contributed by atoms with E-state index < -0.39 is 0 Å². The minimum atomic E-state index is -0.00699. The third-order valence-corrected chi connectivity index (χ3v) is 5.20. The predicted octanol–water partition coefficient (Wildman–Crippen LogP) is 1.24. The van der Waals surface area contributed by atoms with Crippen LogP contribution >= 0.6 is 0 Å². The van der Waals surface area contributed by atoms with Crippen LogP contribution in [0.4, 0.5) is 0 Å². The van der Waals surface area contributed by atoms with Crippen LogP contribution in [0.5, 0.6) is 0 Å². The first kappa shape index (κ1) is 15.8. The molecule has 0 radical (unpaired) electrons. The Kier molecular flexibility index (Phi) is 5.01. The molecule has 124 valence electrons. The number of nitrogens with zero attached hydrogens (tertiary/aromatic N) is 2. The fraction of sp³-hybridized carbons (Fsp3) is 0.882. The number of likely N-dealkylation sites (N-methyl/N-ethyl adjacent to an activating group) is 1. The van der Waals surface area contributed by atoms with Gasteiger partial charge in [0.15, 0.2) is 0 Å². The Labute approximate surface area is 133 Å². The standard InChI is InChI=1S/C17H29N3O2/c1-2-19(15-7-8-15)11-9-18-16(21)14-4-3-10-20(12-14)17(22)13-5-6-13/h13-15H,2-12H2,1H3,(H,18,21). The molecule has 3 aliphatic rings. The molecule has 2 aliphatic carbocycles. The van der Waals surface area contributed by atoms with Crippen molar-refractivity contribution in [3.8, 4) is 0 Å². The van der Waals surface area contributed by atoms with Crippen molar-refractivity contribution < 1.29 is 9.59 Å². The zero-order chi connectivity index (χ0) is 15.5. The molecule has 1 aliphatic heterocycles. The van der Waals surface area contributed by atoms with Gasteiger partial charge in [-0.1, -0.05) is 6.92 Å². The van der Waals surface area contributed by atoms with E-state index in [2.05, 4.69) is 17.1 Å². The SMILES string of the molecule is CCN(CCNC(=O)C1CCCN(C(=O)C2CC2)C1)C1CC1.